The monoisotopic (exact) mass is 286 g/mol. The Hall–Kier alpha value is -1.71. The molecule has 21 heavy (non-hydrogen) atoms. The van der Waals surface area contributed by atoms with Crippen molar-refractivity contribution in [3.8, 4) is 0 Å². The highest BCUT2D eigenvalue weighted by atomic mass is 19.1. The van der Waals surface area contributed by atoms with Gasteiger partial charge in [-0.15, -0.1) is 0 Å². The third-order valence-electron chi connectivity index (χ3n) is 3.56. The summed E-state index contributed by atoms with van der Waals surface area (Å²) in [6, 6.07) is 17.2. The van der Waals surface area contributed by atoms with Crippen LogP contribution in [0.2, 0.25) is 0 Å². The predicted octanol–water partition coefficient (Wildman–Crippen LogP) is 3.22. The number of halogens is 1. The van der Waals surface area contributed by atoms with Gasteiger partial charge < -0.3 is 10.6 Å². The maximum Gasteiger partial charge on any atom is 0.123 e. The zero-order valence-electron chi connectivity index (χ0n) is 12.5. The fourth-order valence-electron chi connectivity index (χ4n) is 2.45. The van der Waals surface area contributed by atoms with Gasteiger partial charge in [0.15, 0.2) is 0 Å². The smallest absolute Gasteiger partial charge is 0.123 e. The Labute approximate surface area is 126 Å². The van der Waals surface area contributed by atoms with Gasteiger partial charge in [-0.05, 0) is 43.1 Å². The highest BCUT2D eigenvalue weighted by Crippen LogP contribution is 2.08. The first kappa shape index (κ1) is 15.7. The van der Waals surface area contributed by atoms with Gasteiger partial charge in [-0.2, -0.15) is 0 Å². The van der Waals surface area contributed by atoms with Gasteiger partial charge in [-0.25, -0.2) is 4.39 Å². The number of nitrogens with two attached hydrogens (primary N) is 1. The van der Waals surface area contributed by atoms with E-state index in [1.54, 1.807) is 0 Å². The van der Waals surface area contributed by atoms with Gasteiger partial charge in [-0.3, -0.25) is 0 Å². The normalized spacial score (nSPS) is 12.6. The van der Waals surface area contributed by atoms with E-state index in [9.17, 15) is 4.39 Å². The lowest BCUT2D eigenvalue weighted by Crippen LogP contribution is -2.35. The zero-order chi connectivity index (χ0) is 15.1. The quantitative estimate of drug-likeness (QED) is 0.847. The Morgan fingerprint density at radius 2 is 1.67 bits per heavy atom. The summed E-state index contributed by atoms with van der Waals surface area (Å²) in [5.74, 6) is -0.194. The summed E-state index contributed by atoms with van der Waals surface area (Å²) in [6.07, 6.45) is 1.98. The fraction of sp³-hybridized carbons (Fsp3) is 0.333. The van der Waals surface area contributed by atoms with Crippen LogP contribution >= 0.6 is 0 Å². The molecule has 1 unspecified atom stereocenters. The van der Waals surface area contributed by atoms with Crippen molar-refractivity contribution in [2.45, 2.75) is 25.4 Å². The minimum atomic E-state index is -0.194. The molecule has 3 heteroatoms. The fourth-order valence-corrected chi connectivity index (χ4v) is 2.45. The molecule has 2 aromatic carbocycles. The van der Waals surface area contributed by atoms with Crippen LogP contribution < -0.4 is 5.73 Å². The van der Waals surface area contributed by atoms with E-state index in [-0.39, 0.29) is 11.9 Å². The molecule has 2 nitrogen and oxygen atoms in total. The molecule has 0 radical (unpaired) electrons. The summed E-state index contributed by atoms with van der Waals surface area (Å²) < 4.78 is 12.9. The summed E-state index contributed by atoms with van der Waals surface area (Å²) in [6.45, 7) is 1.63. The standard InChI is InChI=1S/C18H23FN2/c1-21(13-16-7-10-17(19)11-8-16)14-18(20)12-9-15-5-3-2-4-6-15/h2-8,10-11,18H,9,12-14,20H2,1H3. The maximum atomic E-state index is 12.9. The van der Waals surface area contributed by atoms with Crippen molar-refractivity contribution in [2.75, 3.05) is 13.6 Å². The SMILES string of the molecule is CN(Cc1ccc(F)cc1)CC(N)CCc1ccccc1. The van der Waals surface area contributed by atoms with E-state index in [1.165, 1.54) is 17.7 Å². The zero-order valence-corrected chi connectivity index (χ0v) is 12.5. The first-order valence-electron chi connectivity index (χ1n) is 7.36. The Morgan fingerprint density at radius 1 is 1.00 bits per heavy atom. The van der Waals surface area contributed by atoms with Crippen molar-refractivity contribution >= 4 is 0 Å². The second-order valence-corrected chi connectivity index (χ2v) is 5.61. The number of benzene rings is 2. The van der Waals surface area contributed by atoms with Crippen molar-refractivity contribution in [3.05, 3.63) is 71.5 Å². The van der Waals surface area contributed by atoms with Crippen LogP contribution in [0, 0.1) is 5.82 Å². The van der Waals surface area contributed by atoms with Gasteiger partial charge in [0.1, 0.15) is 5.82 Å². The number of likely N-dealkylation sites (N-methyl/N-ethyl adjacent to an activating group) is 1. The topological polar surface area (TPSA) is 29.3 Å². The Kier molecular flexibility index (Phi) is 5.90. The number of rotatable bonds is 7. The summed E-state index contributed by atoms with van der Waals surface area (Å²) >= 11 is 0. The summed E-state index contributed by atoms with van der Waals surface area (Å²) in [5, 5.41) is 0. The van der Waals surface area contributed by atoms with Crippen LogP contribution in [0.5, 0.6) is 0 Å². The lowest BCUT2D eigenvalue weighted by Gasteiger charge is -2.21. The maximum absolute atomic E-state index is 12.9. The molecule has 0 aliphatic heterocycles. The molecule has 0 aromatic heterocycles. The molecule has 0 spiro atoms. The largest absolute Gasteiger partial charge is 0.327 e. The molecular formula is C18H23FN2. The van der Waals surface area contributed by atoms with Gasteiger partial charge in [0, 0.05) is 19.1 Å². The second kappa shape index (κ2) is 7.91. The van der Waals surface area contributed by atoms with Gasteiger partial charge in [-0.1, -0.05) is 42.5 Å². The molecule has 0 heterocycles. The van der Waals surface area contributed by atoms with Gasteiger partial charge in [0.2, 0.25) is 0 Å². The lowest BCUT2D eigenvalue weighted by atomic mass is 10.1. The van der Waals surface area contributed by atoms with Crippen LogP contribution in [0.15, 0.2) is 54.6 Å². The van der Waals surface area contributed by atoms with E-state index >= 15 is 0 Å². The highest BCUT2D eigenvalue weighted by molar-refractivity contribution is 5.16. The van der Waals surface area contributed by atoms with Crippen LogP contribution in [0.25, 0.3) is 0 Å². The molecule has 2 rings (SSSR count). The third kappa shape index (κ3) is 5.66. The number of hydrogen-bond acceptors (Lipinski definition) is 2. The number of aryl methyl sites for hydroxylation is 1. The van der Waals surface area contributed by atoms with E-state index in [0.29, 0.717) is 0 Å². The van der Waals surface area contributed by atoms with Crippen molar-refractivity contribution in [3.63, 3.8) is 0 Å². The van der Waals surface area contributed by atoms with Crippen LogP contribution in [-0.2, 0) is 13.0 Å². The van der Waals surface area contributed by atoms with Gasteiger partial charge in [0.05, 0.1) is 0 Å². The summed E-state index contributed by atoms with van der Waals surface area (Å²) in [7, 11) is 2.05. The number of nitrogens with zero attached hydrogens (tertiary/aromatic N) is 1. The predicted molar refractivity (Wildman–Crippen MR) is 85.5 cm³/mol. The van der Waals surface area contributed by atoms with Crippen LogP contribution in [0.1, 0.15) is 17.5 Å². The van der Waals surface area contributed by atoms with Gasteiger partial charge in [0.25, 0.3) is 0 Å². The molecule has 1 atom stereocenters. The second-order valence-electron chi connectivity index (χ2n) is 5.61. The summed E-state index contributed by atoms with van der Waals surface area (Å²) in [4.78, 5) is 2.18. The Bertz CT molecular complexity index is 525. The van der Waals surface area contributed by atoms with E-state index in [4.69, 9.17) is 5.73 Å². The first-order valence-corrected chi connectivity index (χ1v) is 7.36. The van der Waals surface area contributed by atoms with E-state index < -0.39 is 0 Å². The van der Waals surface area contributed by atoms with Crippen molar-refractivity contribution < 1.29 is 4.39 Å². The highest BCUT2D eigenvalue weighted by Gasteiger charge is 2.08. The van der Waals surface area contributed by atoms with Crippen LogP contribution in [0.3, 0.4) is 0 Å². The molecular weight excluding hydrogens is 263 g/mol. The van der Waals surface area contributed by atoms with Crippen molar-refractivity contribution in [2.24, 2.45) is 5.73 Å². The van der Waals surface area contributed by atoms with Crippen LogP contribution in [0.4, 0.5) is 4.39 Å². The molecule has 0 bridgehead atoms. The molecule has 0 amide bonds. The Balaban J connectivity index is 1.74. The van der Waals surface area contributed by atoms with Gasteiger partial charge >= 0.3 is 0 Å². The van der Waals surface area contributed by atoms with Crippen LogP contribution in [-0.4, -0.2) is 24.5 Å². The van der Waals surface area contributed by atoms with E-state index in [2.05, 4.69) is 29.2 Å². The summed E-state index contributed by atoms with van der Waals surface area (Å²) in [5.41, 5.74) is 8.63. The molecule has 2 N–H and O–H groups in total. The van der Waals surface area contributed by atoms with Crippen molar-refractivity contribution in [1.82, 2.24) is 4.90 Å². The molecule has 112 valence electrons. The first-order chi connectivity index (χ1) is 10.1. The molecule has 0 fully saturated rings. The average molecular weight is 286 g/mol. The average Bonchev–Trinajstić information content (AvgIpc) is 2.48. The lowest BCUT2D eigenvalue weighted by molar-refractivity contribution is 0.297. The number of hydrogen-bond donors (Lipinski definition) is 1. The minimum Gasteiger partial charge on any atom is -0.327 e. The molecule has 0 aliphatic rings. The molecule has 2 aromatic rings. The van der Waals surface area contributed by atoms with E-state index in [0.717, 1.165) is 31.5 Å². The van der Waals surface area contributed by atoms with E-state index in [1.807, 2.05) is 25.2 Å². The Morgan fingerprint density at radius 3 is 2.33 bits per heavy atom. The molecule has 0 aliphatic carbocycles. The van der Waals surface area contributed by atoms with Crippen molar-refractivity contribution in [1.29, 1.82) is 0 Å². The minimum absolute atomic E-state index is 0.149. The molecule has 0 saturated carbocycles. The molecule has 0 saturated heterocycles. The third-order valence-corrected chi connectivity index (χ3v) is 3.56.